The number of aromatic nitrogens is 1. The van der Waals surface area contributed by atoms with Gasteiger partial charge in [-0.1, -0.05) is 44.2 Å². The highest BCUT2D eigenvalue weighted by Gasteiger charge is 2.29. The number of benzene rings is 2. The monoisotopic (exact) mass is 474 g/mol. The standard InChI is InChI=1S/C28H31FN4O2/c1-5-33(6-2)15-14-30-28(35)25-17(3)24(31-18(25)4)16-21-26-20(19-10-7-8-12-22(19)29)11-9-13-23(26)32-27(21)34/h7-13,16,31H,5-6,14-15H2,1-4H3,(H,30,35)(H,32,34)/b21-16-. The fourth-order valence-electron chi connectivity index (χ4n) is 4.65. The molecular formula is C28H31FN4O2. The average molecular weight is 475 g/mol. The summed E-state index contributed by atoms with van der Waals surface area (Å²) in [4.78, 5) is 31.4. The van der Waals surface area contributed by atoms with Crippen molar-refractivity contribution in [3.05, 3.63) is 76.4 Å². The summed E-state index contributed by atoms with van der Waals surface area (Å²) in [5.74, 6) is -0.757. The highest BCUT2D eigenvalue weighted by Crippen LogP contribution is 2.41. The van der Waals surface area contributed by atoms with Crippen molar-refractivity contribution in [1.82, 2.24) is 15.2 Å². The third kappa shape index (κ3) is 4.77. The van der Waals surface area contributed by atoms with Crippen LogP contribution >= 0.6 is 0 Å². The van der Waals surface area contributed by atoms with Gasteiger partial charge in [0.2, 0.25) is 0 Å². The van der Waals surface area contributed by atoms with Crippen molar-refractivity contribution in [1.29, 1.82) is 0 Å². The van der Waals surface area contributed by atoms with Crippen molar-refractivity contribution < 1.29 is 14.0 Å². The lowest BCUT2D eigenvalue weighted by Crippen LogP contribution is -2.35. The fraction of sp³-hybridized carbons (Fsp3) is 0.286. The summed E-state index contributed by atoms with van der Waals surface area (Å²) >= 11 is 0. The first-order valence-corrected chi connectivity index (χ1v) is 12.0. The fourth-order valence-corrected chi connectivity index (χ4v) is 4.65. The van der Waals surface area contributed by atoms with E-state index in [2.05, 4.69) is 34.4 Å². The Bertz CT molecular complexity index is 1300. The topological polar surface area (TPSA) is 77.2 Å². The van der Waals surface area contributed by atoms with Gasteiger partial charge in [-0.25, -0.2) is 4.39 Å². The number of nitrogens with zero attached hydrogens (tertiary/aromatic N) is 1. The smallest absolute Gasteiger partial charge is 0.256 e. The predicted octanol–water partition coefficient (Wildman–Crippen LogP) is 5.00. The lowest BCUT2D eigenvalue weighted by atomic mass is 9.94. The van der Waals surface area contributed by atoms with Crippen LogP contribution in [0.15, 0.2) is 42.5 Å². The van der Waals surface area contributed by atoms with Gasteiger partial charge in [-0.3, -0.25) is 9.59 Å². The van der Waals surface area contributed by atoms with E-state index in [9.17, 15) is 14.0 Å². The number of amides is 2. The molecule has 1 aliphatic heterocycles. The van der Waals surface area contributed by atoms with Gasteiger partial charge < -0.3 is 20.5 Å². The van der Waals surface area contributed by atoms with Crippen LogP contribution in [0.4, 0.5) is 10.1 Å². The van der Waals surface area contributed by atoms with E-state index in [4.69, 9.17) is 0 Å². The van der Waals surface area contributed by atoms with E-state index in [1.807, 2.05) is 19.9 Å². The molecule has 4 rings (SSSR count). The molecule has 6 nitrogen and oxygen atoms in total. The zero-order chi connectivity index (χ0) is 25.1. The summed E-state index contributed by atoms with van der Waals surface area (Å²) in [7, 11) is 0. The molecule has 2 aromatic carbocycles. The molecule has 0 unspecified atom stereocenters. The number of carbonyl (C=O) groups is 2. The van der Waals surface area contributed by atoms with Crippen molar-refractivity contribution >= 4 is 29.2 Å². The van der Waals surface area contributed by atoms with Gasteiger partial charge in [-0.2, -0.15) is 0 Å². The summed E-state index contributed by atoms with van der Waals surface area (Å²) in [6.45, 7) is 11.1. The highest BCUT2D eigenvalue weighted by molar-refractivity contribution is 6.36. The molecule has 7 heteroatoms. The second-order valence-electron chi connectivity index (χ2n) is 8.67. The molecule has 0 atom stereocenters. The van der Waals surface area contributed by atoms with E-state index in [1.54, 1.807) is 36.4 Å². The van der Waals surface area contributed by atoms with Crippen LogP contribution in [0.2, 0.25) is 0 Å². The number of nitrogens with one attached hydrogen (secondary N) is 3. The van der Waals surface area contributed by atoms with Crippen LogP contribution in [-0.4, -0.2) is 47.9 Å². The molecule has 3 N–H and O–H groups in total. The molecular weight excluding hydrogens is 443 g/mol. The Hall–Kier alpha value is -3.71. The predicted molar refractivity (Wildman–Crippen MR) is 139 cm³/mol. The minimum Gasteiger partial charge on any atom is -0.358 e. The third-order valence-electron chi connectivity index (χ3n) is 6.59. The minimum atomic E-state index is -0.352. The number of anilines is 1. The Balaban J connectivity index is 1.68. The quantitative estimate of drug-likeness (QED) is 0.402. The summed E-state index contributed by atoms with van der Waals surface area (Å²) in [6.07, 6.45) is 1.75. The summed E-state index contributed by atoms with van der Waals surface area (Å²) in [6, 6.07) is 11.9. The Morgan fingerprint density at radius 1 is 1.06 bits per heavy atom. The van der Waals surface area contributed by atoms with Gasteiger partial charge in [0, 0.05) is 41.3 Å². The normalized spacial score (nSPS) is 13.9. The number of halogens is 1. The number of fused-ring (bicyclic) bond motifs is 1. The van der Waals surface area contributed by atoms with Gasteiger partial charge in [0.1, 0.15) is 5.82 Å². The SMILES string of the molecule is CCN(CC)CCNC(=O)c1c(C)[nH]c(/C=C2\C(=O)Nc3cccc(-c4ccccc4F)c32)c1C. The highest BCUT2D eigenvalue weighted by atomic mass is 19.1. The summed E-state index contributed by atoms with van der Waals surface area (Å²) < 4.78 is 14.6. The van der Waals surface area contributed by atoms with E-state index in [1.165, 1.54) is 6.07 Å². The molecule has 2 amide bonds. The van der Waals surface area contributed by atoms with Crippen molar-refractivity contribution in [2.45, 2.75) is 27.7 Å². The zero-order valence-electron chi connectivity index (χ0n) is 20.6. The minimum absolute atomic E-state index is 0.142. The van der Waals surface area contributed by atoms with Gasteiger partial charge in [-0.05, 0) is 56.3 Å². The molecule has 2 heterocycles. The molecule has 182 valence electrons. The molecule has 3 aromatic rings. The Kier molecular flexibility index (Phi) is 7.17. The third-order valence-corrected chi connectivity index (χ3v) is 6.59. The van der Waals surface area contributed by atoms with Crippen LogP contribution in [0.25, 0.3) is 22.8 Å². The Morgan fingerprint density at radius 2 is 1.77 bits per heavy atom. The van der Waals surface area contributed by atoms with Crippen LogP contribution in [0.3, 0.4) is 0 Å². The van der Waals surface area contributed by atoms with E-state index in [0.717, 1.165) is 30.9 Å². The van der Waals surface area contributed by atoms with E-state index in [0.29, 0.717) is 45.8 Å². The van der Waals surface area contributed by atoms with Crippen LogP contribution in [0, 0.1) is 19.7 Å². The molecule has 0 aliphatic carbocycles. The van der Waals surface area contributed by atoms with Gasteiger partial charge in [-0.15, -0.1) is 0 Å². The number of hydrogen-bond acceptors (Lipinski definition) is 3. The molecule has 0 radical (unpaired) electrons. The van der Waals surface area contributed by atoms with Gasteiger partial charge in [0.05, 0.1) is 11.1 Å². The molecule has 35 heavy (non-hydrogen) atoms. The molecule has 0 bridgehead atoms. The zero-order valence-corrected chi connectivity index (χ0v) is 20.6. The van der Waals surface area contributed by atoms with E-state index in [-0.39, 0.29) is 17.6 Å². The molecule has 1 aromatic heterocycles. The number of aromatic amines is 1. The van der Waals surface area contributed by atoms with Gasteiger partial charge in [0.15, 0.2) is 0 Å². The average Bonchev–Trinajstić information content (AvgIpc) is 3.31. The maximum Gasteiger partial charge on any atom is 0.256 e. The Morgan fingerprint density at radius 3 is 2.49 bits per heavy atom. The van der Waals surface area contributed by atoms with E-state index < -0.39 is 0 Å². The number of rotatable bonds is 8. The Labute approximate surface area is 205 Å². The molecule has 1 aliphatic rings. The first kappa shape index (κ1) is 24.4. The largest absolute Gasteiger partial charge is 0.358 e. The van der Waals surface area contributed by atoms with Crippen LogP contribution < -0.4 is 10.6 Å². The summed E-state index contributed by atoms with van der Waals surface area (Å²) in [5.41, 5.74) is 5.54. The molecule has 0 saturated heterocycles. The van der Waals surface area contributed by atoms with Gasteiger partial charge in [0.25, 0.3) is 11.8 Å². The van der Waals surface area contributed by atoms with E-state index >= 15 is 0 Å². The van der Waals surface area contributed by atoms with Crippen LogP contribution in [-0.2, 0) is 4.79 Å². The maximum absolute atomic E-state index is 14.6. The maximum atomic E-state index is 14.6. The number of likely N-dealkylation sites (N-methyl/N-ethyl adjacent to an activating group) is 1. The second kappa shape index (κ2) is 10.3. The van der Waals surface area contributed by atoms with Crippen molar-refractivity contribution in [3.8, 4) is 11.1 Å². The first-order chi connectivity index (χ1) is 16.8. The van der Waals surface area contributed by atoms with Crippen LogP contribution in [0.5, 0.6) is 0 Å². The second-order valence-corrected chi connectivity index (χ2v) is 8.67. The first-order valence-electron chi connectivity index (χ1n) is 12.0. The van der Waals surface area contributed by atoms with Gasteiger partial charge >= 0.3 is 0 Å². The van der Waals surface area contributed by atoms with Crippen molar-refractivity contribution in [3.63, 3.8) is 0 Å². The summed E-state index contributed by atoms with van der Waals surface area (Å²) in [5, 5.41) is 5.89. The van der Waals surface area contributed by atoms with Crippen molar-refractivity contribution in [2.24, 2.45) is 0 Å². The molecule has 0 spiro atoms. The molecule has 0 saturated carbocycles. The number of carbonyl (C=O) groups excluding carboxylic acids is 2. The van der Waals surface area contributed by atoms with Crippen LogP contribution in [0.1, 0.15) is 46.7 Å². The lowest BCUT2D eigenvalue weighted by Gasteiger charge is -2.18. The number of H-pyrrole nitrogens is 1. The number of aryl methyl sites for hydroxylation is 1. The number of hydrogen-bond donors (Lipinski definition) is 3. The molecule has 0 fully saturated rings. The lowest BCUT2D eigenvalue weighted by molar-refractivity contribution is -0.110. The van der Waals surface area contributed by atoms with Crippen molar-refractivity contribution in [2.75, 3.05) is 31.5 Å².